The lowest BCUT2D eigenvalue weighted by Gasteiger charge is -2.21. The second-order valence-electron chi connectivity index (χ2n) is 7.02. The molecule has 1 aliphatic rings. The van der Waals surface area contributed by atoms with Gasteiger partial charge >= 0.3 is 0 Å². The number of methoxy groups -OCH3 is 2. The van der Waals surface area contributed by atoms with Gasteiger partial charge in [-0.25, -0.2) is 9.67 Å². The zero-order chi connectivity index (χ0) is 19.8. The molecule has 7 nitrogen and oxygen atoms in total. The Morgan fingerprint density at radius 2 is 2.07 bits per heavy atom. The standard InChI is InChI=1S/C20H24ClN5O2/c1-5-14(11-27-3)26-17-8-12(2)22-20(18(17)23-24-26)25-7-6-13-9-15(28-4)10-16(21)19(13)25/h8-10,14H,5-7,11H2,1-4H3/t14-/m1/s1. The fourth-order valence-corrected chi connectivity index (χ4v) is 4.18. The van der Waals surface area contributed by atoms with Gasteiger partial charge < -0.3 is 14.4 Å². The molecule has 1 aliphatic heterocycles. The first-order valence-electron chi connectivity index (χ1n) is 9.42. The number of aryl methyl sites for hydroxylation is 1. The molecule has 0 fully saturated rings. The van der Waals surface area contributed by atoms with E-state index in [1.54, 1.807) is 14.2 Å². The maximum absolute atomic E-state index is 6.60. The molecule has 0 unspecified atom stereocenters. The molecule has 0 saturated carbocycles. The third kappa shape index (κ3) is 3.08. The minimum Gasteiger partial charge on any atom is -0.497 e. The van der Waals surface area contributed by atoms with E-state index in [9.17, 15) is 0 Å². The van der Waals surface area contributed by atoms with Crippen molar-refractivity contribution >= 4 is 34.1 Å². The van der Waals surface area contributed by atoms with Crippen LogP contribution in [-0.2, 0) is 11.2 Å². The Balaban J connectivity index is 1.85. The van der Waals surface area contributed by atoms with E-state index in [1.807, 2.05) is 29.8 Å². The summed E-state index contributed by atoms with van der Waals surface area (Å²) in [7, 11) is 3.36. The predicted octanol–water partition coefficient (Wildman–Crippen LogP) is 4.09. The SMILES string of the molecule is CC[C@H](COC)n1nnc2c(N3CCc4cc(OC)cc(Cl)c43)nc(C)cc21. The van der Waals surface area contributed by atoms with E-state index in [-0.39, 0.29) is 6.04 Å². The fourth-order valence-electron chi connectivity index (χ4n) is 3.85. The summed E-state index contributed by atoms with van der Waals surface area (Å²) in [6, 6.07) is 6.04. The van der Waals surface area contributed by atoms with Crippen LogP contribution in [0.2, 0.25) is 5.02 Å². The average Bonchev–Trinajstić information content (AvgIpc) is 3.30. The van der Waals surface area contributed by atoms with Crippen molar-refractivity contribution in [2.45, 2.75) is 32.7 Å². The second kappa shape index (κ2) is 7.56. The molecule has 1 atom stereocenters. The Hall–Kier alpha value is -2.38. The number of aromatic nitrogens is 4. The average molecular weight is 402 g/mol. The van der Waals surface area contributed by atoms with Crippen LogP contribution in [0.25, 0.3) is 11.0 Å². The lowest BCUT2D eigenvalue weighted by Crippen LogP contribution is -2.17. The fraction of sp³-hybridized carbons (Fsp3) is 0.450. The first kappa shape index (κ1) is 19.0. The Bertz CT molecular complexity index is 1020. The number of hydrogen-bond donors (Lipinski definition) is 0. The number of nitrogens with zero attached hydrogens (tertiary/aromatic N) is 5. The first-order valence-corrected chi connectivity index (χ1v) is 9.80. The summed E-state index contributed by atoms with van der Waals surface area (Å²) in [5.41, 5.74) is 4.78. The van der Waals surface area contributed by atoms with Crippen LogP contribution < -0.4 is 9.64 Å². The largest absolute Gasteiger partial charge is 0.497 e. The van der Waals surface area contributed by atoms with Gasteiger partial charge in [-0.1, -0.05) is 23.7 Å². The van der Waals surface area contributed by atoms with Crippen molar-refractivity contribution in [2.75, 3.05) is 32.3 Å². The lowest BCUT2D eigenvalue weighted by atomic mass is 10.1. The topological polar surface area (TPSA) is 65.3 Å². The van der Waals surface area contributed by atoms with Crippen molar-refractivity contribution in [1.29, 1.82) is 0 Å². The minimum absolute atomic E-state index is 0.128. The summed E-state index contributed by atoms with van der Waals surface area (Å²) < 4.78 is 12.7. The van der Waals surface area contributed by atoms with Crippen molar-refractivity contribution < 1.29 is 9.47 Å². The Labute approximate surface area is 169 Å². The predicted molar refractivity (Wildman–Crippen MR) is 110 cm³/mol. The van der Waals surface area contributed by atoms with Gasteiger partial charge in [-0.05, 0) is 37.5 Å². The molecule has 148 valence electrons. The van der Waals surface area contributed by atoms with E-state index < -0.39 is 0 Å². The molecule has 1 aromatic carbocycles. The highest BCUT2D eigenvalue weighted by molar-refractivity contribution is 6.34. The number of anilines is 2. The maximum atomic E-state index is 6.60. The maximum Gasteiger partial charge on any atom is 0.163 e. The molecule has 0 radical (unpaired) electrons. The van der Waals surface area contributed by atoms with Crippen molar-refractivity contribution in [3.05, 3.63) is 34.5 Å². The molecule has 0 aliphatic carbocycles. The molecule has 3 aromatic rings. The molecular weight excluding hydrogens is 378 g/mol. The Morgan fingerprint density at radius 1 is 1.25 bits per heavy atom. The number of hydrogen-bond acceptors (Lipinski definition) is 6. The Morgan fingerprint density at radius 3 is 2.79 bits per heavy atom. The minimum atomic E-state index is 0.128. The number of rotatable bonds is 6. The molecule has 0 saturated heterocycles. The molecule has 0 spiro atoms. The van der Waals surface area contributed by atoms with E-state index in [0.717, 1.165) is 58.9 Å². The van der Waals surface area contributed by atoms with E-state index >= 15 is 0 Å². The highest BCUT2D eigenvalue weighted by Gasteiger charge is 2.28. The van der Waals surface area contributed by atoms with Gasteiger partial charge in [-0.2, -0.15) is 0 Å². The summed E-state index contributed by atoms with van der Waals surface area (Å²) in [4.78, 5) is 6.94. The van der Waals surface area contributed by atoms with Crippen LogP contribution in [0.5, 0.6) is 5.75 Å². The van der Waals surface area contributed by atoms with Crippen LogP contribution in [0.4, 0.5) is 11.5 Å². The number of benzene rings is 1. The molecule has 28 heavy (non-hydrogen) atoms. The van der Waals surface area contributed by atoms with Crippen LogP contribution >= 0.6 is 11.6 Å². The number of pyridine rings is 1. The van der Waals surface area contributed by atoms with E-state index in [2.05, 4.69) is 22.1 Å². The first-order chi connectivity index (χ1) is 13.6. The van der Waals surface area contributed by atoms with Crippen molar-refractivity contribution in [3.8, 4) is 5.75 Å². The van der Waals surface area contributed by atoms with Crippen molar-refractivity contribution in [3.63, 3.8) is 0 Å². The molecule has 0 bridgehead atoms. The Kier molecular flexibility index (Phi) is 5.12. The van der Waals surface area contributed by atoms with Crippen LogP contribution in [0.15, 0.2) is 18.2 Å². The summed E-state index contributed by atoms with van der Waals surface area (Å²) >= 11 is 6.60. The van der Waals surface area contributed by atoms with Gasteiger partial charge in [0.25, 0.3) is 0 Å². The highest BCUT2D eigenvalue weighted by atomic mass is 35.5. The summed E-state index contributed by atoms with van der Waals surface area (Å²) in [6.45, 7) is 5.49. The van der Waals surface area contributed by atoms with Crippen LogP contribution in [0, 0.1) is 6.92 Å². The van der Waals surface area contributed by atoms with Gasteiger partial charge in [0, 0.05) is 25.4 Å². The van der Waals surface area contributed by atoms with E-state index in [4.69, 9.17) is 26.1 Å². The third-order valence-electron chi connectivity index (χ3n) is 5.23. The van der Waals surface area contributed by atoms with Crippen LogP contribution in [0.1, 0.15) is 30.6 Å². The van der Waals surface area contributed by atoms with Gasteiger partial charge in [0.05, 0.1) is 36.0 Å². The molecule has 0 amide bonds. The zero-order valence-corrected chi connectivity index (χ0v) is 17.3. The normalized spacial score (nSPS) is 14.5. The number of halogens is 1. The number of ether oxygens (including phenoxy) is 2. The van der Waals surface area contributed by atoms with Crippen LogP contribution in [-0.4, -0.2) is 47.3 Å². The molecule has 8 heteroatoms. The smallest absolute Gasteiger partial charge is 0.163 e. The second-order valence-corrected chi connectivity index (χ2v) is 7.43. The summed E-state index contributed by atoms with van der Waals surface area (Å²) in [5, 5.41) is 9.56. The van der Waals surface area contributed by atoms with E-state index in [0.29, 0.717) is 11.6 Å². The monoisotopic (exact) mass is 401 g/mol. The highest BCUT2D eigenvalue weighted by Crippen LogP contribution is 2.43. The van der Waals surface area contributed by atoms with Crippen molar-refractivity contribution in [2.24, 2.45) is 0 Å². The van der Waals surface area contributed by atoms with Gasteiger partial charge in [0.2, 0.25) is 0 Å². The van der Waals surface area contributed by atoms with Gasteiger partial charge in [-0.3, -0.25) is 0 Å². The number of fused-ring (bicyclic) bond motifs is 2. The molecular formula is C20H24ClN5O2. The summed E-state index contributed by atoms with van der Waals surface area (Å²) in [5.74, 6) is 1.56. The molecule has 3 heterocycles. The zero-order valence-electron chi connectivity index (χ0n) is 16.6. The molecule has 0 N–H and O–H groups in total. The molecule has 2 aromatic heterocycles. The van der Waals surface area contributed by atoms with Gasteiger partial charge in [0.15, 0.2) is 11.3 Å². The quantitative estimate of drug-likeness (QED) is 0.619. The van der Waals surface area contributed by atoms with Gasteiger partial charge in [-0.15, -0.1) is 5.10 Å². The van der Waals surface area contributed by atoms with E-state index in [1.165, 1.54) is 0 Å². The molecule has 4 rings (SSSR count). The van der Waals surface area contributed by atoms with Crippen molar-refractivity contribution in [1.82, 2.24) is 20.0 Å². The van der Waals surface area contributed by atoms with Crippen LogP contribution in [0.3, 0.4) is 0 Å². The van der Waals surface area contributed by atoms with Gasteiger partial charge in [0.1, 0.15) is 5.75 Å². The lowest BCUT2D eigenvalue weighted by molar-refractivity contribution is 0.148. The third-order valence-corrected chi connectivity index (χ3v) is 5.52. The summed E-state index contributed by atoms with van der Waals surface area (Å²) in [6.07, 6.45) is 1.78.